The van der Waals surface area contributed by atoms with E-state index in [4.69, 9.17) is 0 Å². The average molecular weight is 408 g/mol. The first kappa shape index (κ1) is 19.1. The predicted octanol–water partition coefficient (Wildman–Crippen LogP) is 1.76. The maximum Gasteiger partial charge on any atom is 0.329 e. The third-order valence-corrected chi connectivity index (χ3v) is 4.53. The summed E-state index contributed by atoms with van der Waals surface area (Å²) >= 11 is 0. The van der Waals surface area contributed by atoms with E-state index in [2.05, 4.69) is 20.5 Å². The number of hydrogen-bond donors (Lipinski definition) is 3. The molecular formula is C20H17FN6O3. The molecule has 0 aliphatic heterocycles. The van der Waals surface area contributed by atoms with Crippen LogP contribution in [0.3, 0.4) is 0 Å². The van der Waals surface area contributed by atoms with Gasteiger partial charge in [0.15, 0.2) is 11.2 Å². The van der Waals surface area contributed by atoms with Crippen molar-refractivity contribution >= 4 is 23.3 Å². The van der Waals surface area contributed by atoms with Gasteiger partial charge < -0.3 is 5.11 Å². The predicted molar refractivity (Wildman–Crippen MR) is 110 cm³/mol. The van der Waals surface area contributed by atoms with Gasteiger partial charge in [-0.25, -0.2) is 14.6 Å². The highest BCUT2D eigenvalue weighted by Crippen LogP contribution is 2.18. The minimum Gasteiger partial charge on any atom is -0.508 e. The zero-order valence-electron chi connectivity index (χ0n) is 15.8. The first-order valence-corrected chi connectivity index (χ1v) is 8.94. The minimum atomic E-state index is -0.585. The number of hydrogen-bond acceptors (Lipinski definition) is 6. The normalized spacial score (nSPS) is 11.4. The SMILES string of the molecule is Cn1c(=O)[nH]c(=O)c2c1nc(N/N=C\c1ccc(O)cc1)n2Cc1ccc(F)cc1. The summed E-state index contributed by atoms with van der Waals surface area (Å²) in [6.07, 6.45) is 1.52. The van der Waals surface area contributed by atoms with Gasteiger partial charge in [0, 0.05) is 7.05 Å². The number of nitrogens with zero attached hydrogens (tertiary/aromatic N) is 4. The van der Waals surface area contributed by atoms with E-state index in [0.717, 1.165) is 11.1 Å². The molecule has 9 nitrogen and oxygen atoms in total. The summed E-state index contributed by atoms with van der Waals surface area (Å²) in [5.74, 6) is 0.00345. The molecule has 0 fully saturated rings. The second kappa shape index (κ2) is 7.66. The number of rotatable bonds is 5. The number of aromatic hydroxyl groups is 1. The van der Waals surface area contributed by atoms with E-state index in [9.17, 15) is 19.1 Å². The van der Waals surface area contributed by atoms with Gasteiger partial charge in [-0.1, -0.05) is 12.1 Å². The molecule has 0 aliphatic carbocycles. The molecule has 2 aromatic carbocycles. The molecule has 4 aromatic rings. The lowest BCUT2D eigenvalue weighted by molar-refractivity contribution is 0.475. The summed E-state index contributed by atoms with van der Waals surface area (Å²) in [4.78, 5) is 31.0. The van der Waals surface area contributed by atoms with Gasteiger partial charge in [0.2, 0.25) is 5.95 Å². The van der Waals surface area contributed by atoms with Gasteiger partial charge in [-0.3, -0.25) is 18.9 Å². The van der Waals surface area contributed by atoms with Crippen molar-refractivity contribution in [3.8, 4) is 5.75 Å². The topological polar surface area (TPSA) is 117 Å². The van der Waals surface area contributed by atoms with E-state index in [1.54, 1.807) is 28.8 Å². The Kier molecular flexibility index (Phi) is 4.88. The van der Waals surface area contributed by atoms with Crippen molar-refractivity contribution < 1.29 is 9.50 Å². The molecule has 4 rings (SSSR count). The molecular weight excluding hydrogens is 391 g/mol. The molecule has 0 saturated heterocycles. The van der Waals surface area contributed by atoms with Crippen LogP contribution in [0.2, 0.25) is 0 Å². The van der Waals surface area contributed by atoms with E-state index in [0.29, 0.717) is 0 Å². The number of hydrazone groups is 1. The summed E-state index contributed by atoms with van der Waals surface area (Å²) < 4.78 is 16.0. The van der Waals surface area contributed by atoms with E-state index in [-0.39, 0.29) is 35.2 Å². The fourth-order valence-electron chi connectivity index (χ4n) is 2.97. The number of anilines is 1. The maximum absolute atomic E-state index is 13.3. The lowest BCUT2D eigenvalue weighted by Crippen LogP contribution is -2.29. The van der Waals surface area contributed by atoms with Crippen LogP contribution in [-0.2, 0) is 13.6 Å². The molecule has 30 heavy (non-hydrogen) atoms. The molecule has 2 aromatic heterocycles. The molecule has 152 valence electrons. The Bertz CT molecular complexity index is 1350. The molecule has 3 N–H and O–H groups in total. The van der Waals surface area contributed by atoms with Gasteiger partial charge in [0.1, 0.15) is 11.6 Å². The third-order valence-electron chi connectivity index (χ3n) is 4.53. The molecule has 2 heterocycles. The number of H-pyrrole nitrogens is 1. The van der Waals surface area contributed by atoms with Gasteiger partial charge in [0.05, 0.1) is 12.8 Å². The van der Waals surface area contributed by atoms with E-state index in [1.807, 2.05) is 0 Å². The van der Waals surface area contributed by atoms with Crippen LogP contribution in [0, 0.1) is 5.82 Å². The number of halogens is 1. The molecule has 10 heteroatoms. The number of phenolic OH excluding ortho intramolecular Hbond substituents is 1. The molecule has 0 radical (unpaired) electrons. The Hall–Kier alpha value is -4.21. The summed E-state index contributed by atoms with van der Waals surface area (Å²) in [5, 5.41) is 13.5. The van der Waals surface area contributed by atoms with Crippen molar-refractivity contribution in [3.63, 3.8) is 0 Å². The van der Waals surface area contributed by atoms with E-state index < -0.39 is 11.2 Å². The quantitative estimate of drug-likeness (QED) is 0.344. The number of fused-ring (bicyclic) bond motifs is 1. The van der Waals surface area contributed by atoms with E-state index >= 15 is 0 Å². The number of imidazole rings is 1. The van der Waals surface area contributed by atoms with Gasteiger partial charge in [-0.15, -0.1) is 0 Å². The largest absolute Gasteiger partial charge is 0.508 e. The average Bonchev–Trinajstić information content (AvgIpc) is 3.08. The minimum absolute atomic E-state index is 0.140. The molecule has 0 atom stereocenters. The van der Waals surface area contributed by atoms with Gasteiger partial charge in [-0.05, 0) is 47.5 Å². The Morgan fingerprint density at radius 3 is 2.57 bits per heavy atom. The van der Waals surface area contributed by atoms with E-state index in [1.165, 1.54) is 42.1 Å². The monoisotopic (exact) mass is 408 g/mol. The number of aryl methyl sites for hydroxylation is 1. The van der Waals surface area contributed by atoms with Crippen LogP contribution in [0.25, 0.3) is 11.2 Å². The van der Waals surface area contributed by atoms with Gasteiger partial charge in [0.25, 0.3) is 5.56 Å². The van der Waals surface area contributed by atoms with Crippen molar-refractivity contribution in [2.24, 2.45) is 12.1 Å². The third kappa shape index (κ3) is 3.70. The summed E-state index contributed by atoms with van der Waals surface area (Å²) in [6, 6.07) is 12.3. The number of nitrogens with one attached hydrogen (secondary N) is 2. The molecule has 0 spiro atoms. The second-order valence-electron chi connectivity index (χ2n) is 6.60. The van der Waals surface area contributed by atoms with Crippen molar-refractivity contribution in [2.75, 3.05) is 5.43 Å². The zero-order chi connectivity index (χ0) is 21.3. The van der Waals surface area contributed by atoms with Gasteiger partial charge >= 0.3 is 5.69 Å². The number of aromatic nitrogens is 4. The fraction of sp³-hybridized carbons (Fsp3) is 0.100. The van der Waals surface area contributed by atoms with Crippen LogP contribution < -0.4 is 16.7 Å². The van der Waals surface area contributed by atoms with Crippen LogP contribution in [-0.4, -0.2) is 30.4 Å². The Morgan fingerprint density at radius 2 is 1.87 bits per heavy atom. The Morgan fingerprint density at radius 1 is 1.17 bits per heavy atom. The summed E-state index contributed by atoms with van der Waals surface area (Å²) in [7, 11) is 1.50. The van der Waals surface area contributed by atoms with Crippen molar-refractivity contribution in [2.45, 2.75) is 6.54 Å². The summed E-state index contributed by atoms with van der Waals surface area (Å²) in [6.45, 7) is 0.203. The molecule has 0 bridgehead atoms. The van der Waals surface area contributed by atoms with Gasteiger partial charge in [-0.2, -0.15) is 10.1 Å². The van der Waals surface area contributed by atoms with Crippen molar-refractivity contribution in [3.05, 3.63) is 86.3 Å². The van der Waals surface area contributed by atoms with Crippen molar-refractivity contribution in [1.82, 2.24) is 19.1 Å². The zero-order valence-corrected chi connectivity index (χ0v) is 15.8. The highest BCUT2D eigenvalue weighted by Gasteiger charge is 2.17. The number of phenols is 1. The molecule has 0 amide bonds. The van der Waals surface area contributed by atoms with Crippen LogP contribution in [0.4, 0.5) is 10.3 Å². The standard InChI is InChI=1S/C20H17FN6O3/c1-26-17-16(18(29)24-20(26)30)27(11-13-2-6-14(21)7-3-13)19(23-17)25-22-10-12-4-8-15(28)9-5-12/h2-10,28H,11H2,1H3,(H,23,25)(H,24,29,30)/b22-10-. The maximum atomic E-state index is 13.3. The lowest BCUT2D eigenvalue weighted by Gasteiger charge is -2.08. The number of benzene rings is 2. The first-order chi connectivity index (χ1) is 14.4. The lowest BCUT2D eigenvalue weighted by atomic mass is 10.2. The number of aromatic amines is 1. The first-order valence-electron chi connectivity index (χ1n) is 8.94. The van der Waals surface area contributed by atoms with Crippen LogP contribution >= 0.6 is 0 Å². The highest BCUT2D eigenvalue weighted by molar-refractivity contribution is 5.80. The smallest absolute Gasteiger partial charge is 0.329 e. The van der Waals surface area contributed by atoms with Crippen LogP contribution in [0.5, 0.6) is 5.75 Å². The van der Waals surface area contributed by atoms with Crippen LogP contribution in [0.15, 0.2) is 63.2 Å². The second-order valence-corrected chi connectivity index (χ2v) is 6.60. The molecule has 0 aliphatic rings. The summed E-state index contributed by atoms with van der Waals surface area (Å²) in [5.41, 5.74) is 3.45. The highest BCUT2D eigenvalue weighted by atomic mass is 19.1. The van der Waals surface area contributed by atoms with Crippen molar-refractivity contribution in [1.29, 1.82) is 0 Å². The Labute approximate surface area is 168 Å². The molecule has 0 saturated carbocycles. The van der Waals surface area contributed by atoms with Crippen LogP contribution in [0.1, 0.15) is 11.1 Å². The molecule has 0 unspecified atom stereocenters. The fourth-order valence-corrected chi connectivity index (χ4v) is 2.97. The Balaban J connectivity index is 1.77.